The number of phosphoric acid groups is 2. The molecule has 3 N–H and O–H groups in total. The summed E-state index contributed by atoms with van der Waals surface area (Å²) in [6.45, 7) is 4.51. The van der Waals surface area contributed by atoms with Crippen LogP contribution in [0.5, 0.6) is 0 Å². The number of aliphatic hydroxyl groups excluding tert-OH is 1. The van der Waals surface area contributed by atoms with Crippen molar-refractivity contribution in [3.8, 4) is 0 Å². The Balaban J connectivity index is 5.38. The van der Waals surface area contributed by atoms with Gasteiger partial charge in [0.1, 0.15) is 19.3 Å². The van der Waals surface area contributed by atoms with E-state index in [0.29, 0.717) is 25.7 Å². The minimum Gasteiger partial charge on any atom is -0.462 e. The lowest BCUT2D eigenvalue weighted by Crippen LogP contribution is -2.30. The summed E-state index contributed by atoms with van der Waals surface area (Å²) < 4.78 is 68.7. The first-order valence-corrected chi connectivity index (χ1v) is 44.4. The van der Waals surface area contributed by atoms with Crippen LogP contribution < -0.4 is 0 Å². The van der Waals surface area contributed by atoms with Gasteiger partial charge in [0.15, 0.2) is 12.2 Å². The van der Waals surface area contributed by atoms with Gasteiger partial charge < -0.3 is 33.8 Å². The van der Waals surface area contributed by atoms with Gasteiger partial charge in [0.2, 0.25) is 0 Å². The number of phosphoric ester groups is 2. The molecule has 0 amide bonds. The number of rotatable bonds is 77. The van der Waals surface area contributed by atoms with Gasteiger partial charge in [0, 0.05) is 25.7 Å². The molecule has 0 saturated carbocycles. The van der Waals surface area contributed by atoms with Crippen LogP contribution in [-0.2, 0) is 65.4 Å². The maximum absolute atomic E-state index is 13.1. The average molecular weight is 1530 g/mol. The van der Waals surface area contributed by atoms with Crippen LogP contribution in [0.3, 0.4) is 0 Å². The molecule has 0 bridgehead atoms. The van der Waals surface area contributed by atoms with E-state index in [2.05, 4.69) is 161 Å². The molecule has 106 heavy (non-hydrogen) atoms. The van der Waals surface area contributed by atoms with E-state index in [4.69, 9.17) is 37.0 Å². The first-order chi connectivity index (χ1) is 51.7. The molecule has 19 heteroatoms. The first kappa shape index (κ1) is 101. The highest BCUT2D eigenvalue weighted by molar-refractivity contribution is 7.47. The van der Waals surface area contributed by atoms with Crippen molar-refractivity contribution in [2.75, 3.05) is 39.6 Å². The second-order valence-corrected chi connectivity index (χ2v) is 30.2. The van der Waals surface area contributed by atoms with Gasteiger partial charge in [-0.3, -0.25) is 37.3 Å². The monoisotopic (exact) mass is 1530 g/mol. The van der Waals surface area contributed by atoms with Gasteiger partial charge in [-0.05, 0) is 154 Å². The fourth-order valence-electron chi connectivity index (χ4n) is 10.9. The molecule has 17 nitrogen and oxygen atoms in total. The predicted molar refractivity (Wildman–Crippen MR) is 436 cm³/mol. The summed E-state index contributed by atoms with van der Waals surface area (Å²) in [5, 5.41) is 10.7. The van der Waals surface area contributed by atoms with Crippen LogP contribution in [-0.4, -0.2) is 96.7 Å². The molecule has 0 aromatic rings. The Kier molecular flexibility index (Phi) is 74.8. The van der Waals surface area contributed by atoms with Crippen molar-refractivity contribution < 1.29 is 80.2 Å². The molecule has 5 atom stereocenters. The van der Waals surface area contributed by atoms with Gasteiger partial charge in [0.05, 0.1) is 26.4 Å². The summed E-state index contributed by atoms with van der Waals surface area (Å²) in [6.07, 6.45) is 88.4. The SMILES string of the molecule is CC/C=C\C/C=C\C/C=C\C/C=C\CCCCCCCCC(=O)OCC(COP(=O)(O)OCC(O)COP(=O)(O)OCC(COC(=O)CCCCCCCCC/C=C\C/C=C\C/C=C\CC)OC(=O)CCCCCCCCC/C=C\C/C=C\C/C=C\CC)OC(=O)CCCCCCC/C=C\CCCCCC. The Morgan fingerprint density at radius 2 is 0.491 bits per heavy atom. The van der Waals surface area contributed by atoms with E-state index in [9.17, 15) is 43.2 Å². The van der Waals surface area contributed by atoms with Crippen molar-refractivity contribution in [2.45, 2.75) is 354 Å². The second-order valence-electron chi connectivity index (χ2n) is 27.3. The lowest BCUT2D eigenvalue weighted by molar-refractivity contribution is -0.161. The normalized spacial score (nSPS) is 14.5. The van der Waals surface area contributed by atoms with Gasteiger partial charge in [0.25, 0.3) is 0 Å². The first-order valence-electron chi connectivity index (χ1n) is 41.4. The minimum atomic E-state index is -4.99. The summed E-state index contributed by atoms with van der Waals surface area (Å²) in [6, 6.07) is 0. The molecule has 0 aliphatic rings. The van der Waals surface area contributed by atoms with Crippen molar-refractivity contribution in [1.82, 2.24) is 0 Å². The summed E-state index contributed by atoms with van der Waals surface area (Å²) in [4.78, 5) is 73.2. The highest BCUT2D eigenvalue weighted by Crippen LogP contribution is 2.45. The van der Waals surface area contributed by atoms with E-state index >= 15 is 0 Å². The number of carbonyl (C=O) groups is 4. The number of aliphatic hydroxyl groups is 1. The van der Waals surface area contributed by atoms with Gasteiger partial charge in [-0.1, -0.05) is 290 Å². The molecule has 0 spiro atoms. The molecular weight excluding hydrogens is 1380 g/mol. The number of hydrogen-bond acceptors (Lipinski definition) is 15. The quantitative estimate of drug-likeness (QED) is 0.0169. The molecule has 0 saturated heterocycles. The zero-order valence-corrected chi connectivity index (χ0v) is 68.4. The van der Waals surface area contributed by atoms with Crippen LogP contribution >= 0.6 is 15.6 Å². The number of allylic oxidation sites excluding steroid dienone is 22. The summed E-state index contributed by atoms with van der Waals surface area (Å²) >= 11 is 0. The van der Waals surface area contributed by atoms with E-state index in [-0.39, 0.29) is 25.7 Å². The lowest BCUT2D eigenvalue weighted by atomic mass is 10.1. The van der Waals surface area contributed by atoms with Gasteiger partial charge in [-0.25, -0.2) is 9.13 Å². The fraction of sp³-hybridized carbons (Fsp3) is 0.701. The molecule has 5 unspecified atom stereocenters. The van der Waals surface area contributed by atoms with Crippen molar-refractivity contribution in [3.63, 3.8) is 0 Å². The van der Waals surface area contributed by atoms with Crippen molar-refractivity contribution in [1.29, 1.82) is 0 Å². The van der Waals surface area contributed by atoms with Crippen molar-refractivity contribution in [3.05, 3.63) is 134 Å². The number of esters is 4. The predicted octanol–water partition coefficient (Wildman–Crippen LogP) is 24.4. The van der Waals surface area contributed by atoms with Crippen LogP contribution in [0.25, 0.3) is 0 Å². The van der Waals surface area contributed by atoms with E-state index in [1.54, 1.807) is 0 Å². The zero-order chi connectivity index (χ0) is 77.4. The van der Waals surface area contributed by atoms with Gasteiger partial charge >= 0.3 is 39.5 Å². The topological polar surface area (TPSA) is 237 Å². The Morgan fingerprint density at radius 3 is 0.764 bits per heavy atom. The Morgan fingerprint density at radius 1 is 0.274 bits per heavy atom. The highest BCUT2D eigenvalue weighted by Gasteiger charge is 2.30. The maximum atomic E-state index is 13.1. The molecule has 0 aromatic heterocycles. The van der Waals surface area contributed by atoms with E-state index in [1.807, 2.05) is 0 Å². The third-order valence-corrected chi connectivity index (χ3v) is 19.0. The molecule has 0 aliphatic heterocycles. The number of ether oxygens (including phenoxy) is 4. The van der Waals surface area contributed by atoms with Crippen molar-refractivity contribution >= 4 is 39.5 Å². The maximum Gasteiger partial charge on any atom is 0.472 e. The summed E-state index contributed by atoms with van der Waals surface area (Å²) in [5.41, 5.74) is 0. The Labute approximate surface area is 644 Å². The second kappa shape index (κ2) is 78.3. The minimum absolute atomic E-state index is 0.0788. The van der Waals surface area contributed by atoms with E-state index in [0.717, 1.165) is 231 Å². The van der Waals surface area contributed by atoms with Crippen LogP contribution in [0, 0.1) is 0 Å². The van der Waals surface area contributed by atoms with Crippen LogP contribution in [0.15, 0.2) is 134 Å². The fourth-order valence-corrected chi connectivity index (χ4v) is 12.5. The smallest absolute Gasteiger partial charge is 0.462 e. The van der Waals surface area contributed by atoms with Gasteiger partial charge in [-0.2, -0.15) is 0 Å². The van der Waals surface area contributed by atoms with Crippen molar-refractivity contribution in [2.24, 2.45) is 0 Å². The third kappa shape index (κ3) is 77.4. The van der Waals surface area contributed by atoms with E-state index < -0.39 is 97.5 Å². The Bertz CT molecular complexity index is 2530. The third-order valence-electron chi connectivity index (χ3n) is 17.1. The van der Waals surface area contributed by atoms with Gasteiger partial charge in [-0.15, -0.1) is 0 Å². The van der Waals surface area contributed by atoms with Crippen LogP contribution in [0.2, 0.25) is 0 Å². The number of unbranched alkanes of at least 4 members (excludes halogenated alkanes) is 29. The molecule has 0 aliphatic carbocycles. The molecule has 0 fully saturated rings. The molecule has 0 aromatic carbocycles. The standard InChI is InChI=1S/C87H148O17P2/c1-5-9-13-17-21-25-29-33-36-39-40-43-45-49-52-56-60-64-68-72-85(90)97-77-82(103-86(91)73-69-65-61-57-53-47-32-28-24-20-16-12-8-4)79-101-105(93,94)99-75-81(88)76-100-106(95,96)102-80-83(104-87(92)74-70-66-62-58-54-50-46-42-38-35-31-27-23-19-15-11-7-3)78-98-84(89)71-67-63-59-55-51-48-44-41-37-34-30-26-22-18-14-10-6-2/h9-11,13-15,21-23,25-28,32-38,40,43,81-83,88H,5-8,12,16-20,24,29-31,39,41-42,44-80H2,1-4H3,(H,93,94)(H,95,96)/b13-9-,14-10-,15-11-,25-21-,26-22-,27-23-,32-28-,36-33-,37-34-,38-35-,43-40-. The average Bonchev–Trinajstić information content (AvgIpc) is 0.900. The highest BCUT2D eigenvalue weighted by atomic mass is 31.2. The molecule has 0 heterocycles. The number of hydrogen-bond donors (Lipinski definition) is 3. The summed E-state index contributed by atoms with van der Waals surface area (Å²) in [7, 11) is -9.98. The molecular formula is C87H148O17P2. The Hall–Kier alpha value is -4.80. The zero-order valence-electron chi connectivity index (χ0n) is 66.6. The van der Waals surface area contributed by atoms with Crippen LogP contribution in [0.1, 0.15) is 336 Å². The van der Waals surface area contributed by atoms with Crippen LogP contribution in [0.4, 0.5) is 0 Å². The van der Waals surface area contributed by atoms with E-state index in [1.165, 1.54) is 25.7 Å². The summed E-state index contributed by atoms with van der Waals surface area (Å²) in [5.74, 6) is -2.21. The lowest BCUT2D eigenvalue weighted by Gasteiger charge is -2.21. The largest absolute Gasteiger partial charge is 0.472 e. The molecule has 0 rings (SSSR count). The number of carbonyl (C=O) groups excluding carboxylic acids is 4. The molecule has 608 valence electrons. The molecule has 0 radical (unpaired) electrons.